The maximum atomic E-state index is 10.6. The van der Waals surface area contributed by atoms with E-state index in [1.807, 2.05) is 0 Å². The van der Waals surface area contributed by atoms with Gasteiger partial charge >= 0.3 is 0 Å². The first-order chi connectivity index (χ1) is 7.53. The van der Waals surface area contributed by atoms with Crippen molar-refractivity contribution in [1.29, 1.82) is 0 Å². The summed E-state index contributed by atoms with van der Waals surface area (Å²) in [5.74, 6) is 0. The van der Waals surface area contributed by atoms with Crippen molar-refractivity contribution in [2.45, 2.75) is 38.3 Å². The van der Waals surface area contributed by atoms with Crippen molar-refractivity contribution in [2.75, 3.05) is 13.1 Å². The molecule has 3 nitrogen and oxygen atoms in total. The lowest BCUT2D eigenvalue weighted by atomic mass is 9.90. The molecular weight excluding hydrogens is 288 g/mol. The molecule has 1 aliphatic rings. The lowest BCUT2D eigenvalue weighted by Crippen LogP contribution is -2.45. The Morgan fingerprint density at radius 3 is 2.56 bits per heavy atom. The van der Waals surface area contributed by atoms with E-state index in [9.17, 15) is 5.11 Å². The van der Waals surface area contributed by atoms with Gasteiger partial charge in [0.1, 0.15) is 10.2 Å². The van der Waals surface area contributed by atoms with Crippen molar-refractivity contribution >= 4 is 27.3 Å². The summed E-state index contributed by atoms with van der Waals surface area (Å²) in [6.07, 6.45) is 1.60. The molecule has 0 bridgehead atoms. The van der Waals surface area contributed by atoms with Crippen molar-refractivity contribution in [3.63, 3.8) is 0 Å². The molecule has 0 spiro atoms. The summed E-state index contributed by atoms with van der Waals surface area (Å²) in [7, 11) is 0. The first kappa shape index (κ1) is 12.5. The van der Waals surface area contributed by atoms with Crippen LogP contribution in [0.1, 0.15) is 31.6 Å². The van der Waals surface area contributed by atoms with Gasteiger partial charge in [0.15, 0.2) is 0 Å². The smallest absolute Gasteiger partial charge is 0.123 e. The van der Waals surface area contributed by atoms with E-state index < -0.39 is 5.60 Å². The number of nitrogens with zero attached hydrogens (tertiary/aromatic N) is 2. The van der Waals surface area contributed by atoms with Crippen molar-refractivity contribution in [2.24, 2.45) is 0 Å². The minimum atomic E-state index is -0.675. The summed E-state index contributed by atoms with van der Waals surface area (Å²) < 4.78 is 0.804. The predicted molar refractivity (Wildman–Crippen MR) is 69.7 cm³/mol. The van der Waals surface area contributed by atoms with Crippen LogP contribution in [0.5, 0.6) is 0 Å². The molecule has 0 radical (unpaired) electrons. The van der Waals surface area contributed by atoms with Crippen LogP contribution in [-0.4, -0.2) is 34.1 Å². The van der Waals surface area contributed by atoms with Gasteiger partial charge in [0.05, 0.1) is 10.4 Å². The van der Waals surface area contributed by atoms with Gasteiger partial charge in [-0.3, -0.25) is 0 Å². The van der Waals surface area contributed by atoms with Crippen LogP contribution in [0.25, 0.3) is 0 Å². The monoisotopic (exact) mass is 304 g/mol. The Balaban J connectivity index is 2.10. The van der Waals surface area contributed by atoms with E-state index in [4.69, 9.17) is 0 Å². The topological polar surface area (TPSA) is 36.4 Å². The molecule has 1 saturated heterocycles. The van der Waals surface area contributed by atoms with E-state index in [0.717, 1.165) is 35.4 Å². The van der Waals surface area contributed by atoms with E-state index >= 15 is 0 Å². The number of likely N-dealkylation sites (tertiary alicyclic amines) is 1. The zero-order valence-electron chi connectivity index (χ0n) is 9.61. The van der Waals surface area contributed by atoms with E-state index in [2.05, 4.69) is 39.7 Å². The molecule has 1 fully saturated rings. The molecule has 5 heteroatoms. The summed E-state index contributed by atoms with van der Waals surface area (Å²) in [5.41, 5.74) is 1.11. The molecule has 0 aromatic carbocycles. The quantitative estimate of drug-likeness (QED) is 0.912. The third kappa shape index (κ3) is 2.32. The molecule has 1 aromatic heterocycles. The third-order valence-electron chi connectivity index (χ3n) is 3.30. The van der Waals surface area contributed by atoms with Gasteiger partial charge in [-0.1, -0.05) is 0 Å². The van der Waals surface area contributed by atoms with Gasteiger partial charge in [0.2, 0.25) is 0 Å². The maximum Gasteiger partial charge on any atom is 0.123 e. The van der Waals surface area contributed by atoms with Gasteiger partial charge in [-0.25, -0.2) is 4.98 Å². The average molecular weight is 305 g/mol. The Hall–Kier alpha value is 0.0300. The number of aromatic nitrogens is 1. The van der Waals surface area contributed by atoms with Crippen LogP contribution in [0, 0.1) is 0 Å². The largest absolute Gasteiger partial charge is 0.384 e. The van der Waals surface area contributed by atoms with Crippen LogP contribution in [0.15, 0.2) is 10.1 Å². The van der Waals surface area contributed by atoms with Gasteiger partial charge in [0, 0.05) is 19.1 Å². The number of thiazole rings is 1. The molecule has 0 amide bonds. The van der Waals surface area contributed by atoms with Gasteiger partial charge in [-0.2, -0.15) is 0 Å². The van der Waals surface area contributed by atoms with Gasteiger partial charge < -0.3 is 10.0 Å². The summed E-state index contributed by atoms with van der Waals surface area (Å²) >= 11 is 4.94. The highest BCUT2D eigenvalue weighted by atomic mass is 79.9. The molecule has 0 atom stereocenters. The lowest BCUT2D eigenvalue weighted by Gasteiger charge is -2.39. The fourth-order valence-electron chi connectivity index (χ4n) is 2.17. The second-order valence-corrected chi connectivity index (χ2v) is 6.24. The first-order valence-corrected chi connectivity index (χ1v) is 7.26. The highest BCUT2D eigenvalue weighted by Crippen LogP contribution is 2.39. The molecular formula is C11H17BrN2OS. The van der Waals surface area contributed by atoms with Crippen molar-refractivity contribution in [3.8, 4) is 0 Å². The van der Waals surface area contributed by atoms with Crippen LogP contribution in [-0.2, 0) is 5.60 Å². The Labute approximate surface area is 109 Å². The Bertz CT molecular complexity index is 359. The summed E-state index contributed by atoms with van der Waals surface area (Å²) in [6.45, 7) is 6.32. The Morgan fingerprint density at radius 1 is 1.50 bits per heavy atom. The zero-order chi connectivity index (χ0) is 11.8. The van der Waals surface area contributed by atoms with Crippen LogP contribution in [0.3, 0.4) is 0 Å². The number of rotatable bonds is 2. The van der Waals surface area contributed by atoms with Crippen molar-refractivity contribution in [3.05, 3.63) is 15.0 Å². The number of hydrogen-bond acceptors (Lipinski definition) is 4. The number of halogens is 1. The second kappa shape index (κ2) is 4.72. The number of piperidine rings is 1. The summed E-state index contributed by atoms with van der Waals surface area (Å²) in [4.78, 5) is 7.54. The van der Waals surface area contributed by atoms with Crippen molar-refractivity contribution < 1.29 is 5.11 Å². The fraction of sp³-hybridized carbons (Fsp3) is 0.727. The Morgan fingerprint density at radius 2 is 2.12 bits per heavy atom. The molecule has 0 saturated carbocycles. The molecule has 2 heterocycles. The maximum absolute atomic E-state index is 10.6. The van der Waals surface area contributed by atoms with Crippen LogP contribution >= 0.6 is 27.3 Å². The van der Waals surface area contributed by atoms with Crippen LogP contribution in [0.2, 0.25) is 0 Å². The van der Waals surface area contributed by atoms with E-state index in [1.54, 1.807) is 5.51 Å². The van der Waals surface area contributed by atoms with E-state index in [1.165, 1.54) is 11.3 Å². The minimum absolute atomic E-state index is 0.564. The lowest BCUT2D eigenvalue weighted by molar-refractivity contribution is -0.0302. The summed E-state index contributed by atoms with van der Waals surface area (Å²) in [6, 6.07) is 0.564. The number of aliphatic hydroxyl groups is 1. The van der Waals surface area contributed by atoms with E-state index in [0.29, 0.717) is 6.04 Å². The molecule has 2 rings (SSSR count). The molecule has 0 aliphatic carbocycles. The van der Waals surface area contributed by atoms with Crippen LogP contribution < -0.4 is 0 Å². The van der Waals surface area contributed by atoms with Gasteiger partial charge in [-0.15, -0.1) is 11.3 Å². The minimum Gasteiger partial charge on any atom is -0.384 e. The average Bonchev–Trinajstić information content (AvgIpc) is 2.66. The molecule has 1 aliphatic heterocycles. The highest BCUT2D eigenvalue weighted by Gasteiger charge is 2.37. The fourth-order valence-corrected chi connectivity index (χ4v) is 3.90. The molecule has 1 aromatic rings. The standard InChI is InChI=1S/C11H17BrN2OS/c1-8(2)14-5-3-11(15,4-6-14)9-10(12)13-7-16-9/h7-8,15H,3-6H2,1-2H3. The molecule has 1 N–H and O–H groups in total. The first-order valence-electron chi connectivity index (χ1n) is 5.59. The molecule has 16 heavy (non-hydrogen) atoms. The Kier molecular flexibility index (Phi) is 3.69. The molecule has 90 valence electrons. The highest BCUT2D eigenvalue weighted by molar-refractivity contribution is 9.10. The van der Waals surface area contributed by atoms with E-state index in [-0.39, 0.29) is 0 Å². The van der Waals surface area contributed by atoms with Gasteiger partial charge in [0.25, 0.3) is 0 Å². The zero-order valence-corrected chi connectivity index (χ0v) is 12.0. The SMILES string of the molecule is CC(C)N1CCC(O)(c2scnc2Br)CC1. The molecule has 0 unspecified atom stereocenters. The van der Waals surface area contributed by atoms with Crippen molar-refractivity contribution in [1.82, 2.24) is 9.88 Å². The summed E-state index contributed by atoms with van der Waals surface area (Å²) in [5, 5.41) is 10.6. The van der Waals surface area contributed by atoms with Crippen LogP contribution in [0.4, 0.5) is 0 Å². The third-order valence-corrected chi connectivity index (χ3v) is 5.19. The second-order valence-electron chi connectivity index (χ2n) is 4.63. The van der Waals surface area contributed by atoms with Gasteiger partial charge in [-0.05, 0) is 42.6 Å². The predicted octanol–water partition coefficient (Wildman–Crippen LogP) is 2.60. The normalized spacial score (nSPS) is 21.6. The number of hydrogen-bond donors (Lipinski definition) is 1.